The van der Waals surface area contributed by atoms with Gasteiger partial charge in [-0.1, -0.05) is 0 Å². The lowest BCUT2D eigenvalue weighted by atomic mass is 10.1. The van der Waals surface area contributed by atoms with Crippen LogP contribution in [-0.4, -0.2) is 53.5 Å². The minimum absolute atomic E-state index is 0.0999. The molecule has 5 heteroatoms. The van der Waals surface area contributed by atoms with Crippen LogP contribution in [0.25, 0.3) is 0 Å². The summed E-state index contributed by atoms with van der Waals surface area (Å²) in [6, 6.07) is 3.89. The highest BCUT2D eigenvalue weighted by Gasteiger charge is 2.31. The van der Waals surface area contributed by atoms with Crippen molar-refractivity contribution in [3.8, 4) is 0 Å². The van der Waals surface area contributed by atoms with Gasteiger partial charge < -0.3 is 10.6 Å². The summed E-state index contributed by atoms with van der Waals surface area (Å²) in [5.74, 6) is -0.308. The van der Waals surface area contributed by atoms with E-state index in [1.807, 2.05) is 0 Å². The number of halogens is 1. The molecule has 0 bridgehead atoms. The Morgan fingerprint density at radius 3 is 2.60 bits per heavy atom. The lowest BCUT2D eigenvalue weighted by Crippen LogP contribution is -2.47. The van der Waals surface area contributed by atoms with Gasteiger partial charge in [-0.05, 0) is 31.4 Å². The average molecular weight is 278 g/mol. The van der Waals surface area contributed by atoms with Crippen molar-refractivity contribution in [3.05, 3.63) is 29.8 Å². The molecule has 3 rings (SSSR count). The number of piperazine rings is 1. The lowest BCUT2D eigenvalue weighted by Gasteiger charge is -2.35. The summed E-state index contributed by atoms with van der Waals surface area (Å²) in [7, 11) is 0. The molecule has 1 saturated heterocycles. The highest BCUT2D eigenvalue weighted by molar-refractivity contribution is 5.09. The third-order valence-electron chi connectivity index (χ3n) is 4.36. The van der Waals surface area contributed by atoms with Gasteiger partial charge in [0.05, 0.1) is 11.9 Å². The fourth-order valence-electron chi connectivity index (χ4n) is 2.87. The molecule has 1 unspecified atom stereocenters. The number of rotatable bonds is 5. The largest absolute Gasteiger partial charge is 0.323 e. The van der Waals surface area contributed by atoms with Gasteiger partial charge in [0, 0.05) is 44.8 Å². The van der Waals surface area contributed by atoms with Crippen molar-refractivity contribution in [2.24, 2.45) is 5.73 Å². The van der Waals surface area contributed by atoms with E-state index in [0.29, 0.717) is 0 Å². The second-order valence-corrected chi connectivity index (χ2v) is 5.91. The van der Waals surface area contributed by atoms with Gasteiger partial charge in [0.25, 0.3) is 0 Å². The number of hydrogen-bond donors (Lipinski definition) is 1. The zero-order valence-electron chi connectivity index (χ0n) is 11.8. The Balaban J connectivity index is 1.41. The maximum atomic E-state index is 12.8. The standard InChI is InChI=1S/C15H23FN4/c16-12-1-4-15(18-11-12)14(17)5-6-19-7-9-20(10-8-19)13-2-3-13/h1,4,11,13-14H,2-3,5-10,17H2. The van der Waals surface area contributed by atoms with Crippen molar-refractivity contribution in [1.29, 1.82) is 0 Å². The van der Waals surface area contributed by atoms with Gasteiger partial charge in [-0.15, -0.1) is 0 Å². The molecule has 2 fully saturated rings. The second-order valence-electron chi connectivity index (χ2n) is 5.91. The fraction of sp³-hybridized carbons (Fsp3) is 0.667. The molecule has 1 aliphatic carbocycles. The van der Waals surface area contributed by atoms with Crippen LogP contribution in [0.2, 0.25) is 0 Å². The van der Waals surface area contributed by atoms with Crippen LogP contribution >= 0.6 is 0 Å². The van der Waals surface area contributed by atoms with Crippen LogP contribution in [0, 0.1) is 5.82 Å². The molecule has 0 radical (unpaired) electrons. The molecule has 0 amide bonds. The summed E-state index contributed by atoms with van der Waals surface area (Å²) in [4.78, 5) is 9.14. The summed E-state index contributed by atoms with van der Waals surface area (Å²) in [5.41, 5.74) is 6.91. The van der Waals surface area contributed by atoms with Gasteiger partial charge in [-0.25, -0.2) is 4.39 Å². The Bertz CT molecular complexity index is 424. The van der Waals surface area contributed by atoms with E-state index in [1.165, 1.54) is 38.2 Å². The third-order valence-corrected chi connectivity index (χ3v) is 4.36. The van der Waals surface area contributed by atoms with Crippen LogP contribution in [0.4, 0.5) is 4.39 Å². The molecule has 1 aliphatic heterocycles. The first kappa shape index (κ1) is 13.9. The molecule has 20 heavy (non-hydrogen) atoms. The minimum atomic E-state index is -0.308. The number of pyridine rings is 1. The van der Waals surface area contributed by atoms with Crippen molar-refractivity contribution in [2.45, 2.75) is 31.3 Å². The Hall–Kier alpha value is -1.04. The predicted molar refractivity (Wildman–Crippen MR) is 76.8 cm³/mol. The summed E-state index contributed by atoms with van der Waals surface area (Å²) in [6.45, 7) is 5.66. The van der Waals surface area contributed by atoms with E-state index in [-0.39, 0.29) is 11.9 Å². The fourth-order valence-corrected chi connectivity index (χ4v) is 2.87. The molecule has 0 spiro atoms. The number of nitrogens with zero attached hydrogens (tertiary/aromatic N) is 3. The van der Waals surface area contributed by atoms with E-state index >= 15 is 0 Å². The molecule has 2 heterocycles. The topological polar surface area (TPSA) is 45.4 Å². The first-order chi connectivity index (χ1) is 9.72. The number of aromatic nitrogens is 1. The van der Waals surface area contributed by atoms with Crippen LogP contribution in [-0.2, 0) is 0 Å². The van der Waals surface area contributed by atoms with E-state index in [4.69, 9.17) is 5.73 Å². The smallest absolute Gasteiger partial charge is 0.141 e. The zero-order valence-corrected chi connectivity index (χ0v) is 11.8. The van der Waals surface area contributed by atoms with Crippen LogP contribution < -0.4 is 5.73 Å². The van der Waals surface area contributed by atoms with E-state index in [0.717, 1.165) is 37.8 Å². The van der Waals surface area contributed by atoms with E-state index in [2.05, 4.69) is 14.8 Å². The molecule has 0 aromatic carbocycles. The van der Waals surface area contributed by atoms with Crippen LogP contribution in [0.15, 0.2) is 18.3 Å². The lowest BCUT2D eigenvalue weighted by molar-refractivity contribution is 0.124. The van der Waals surface area contributed by atoms with E-state index in [9.17, 15) is 4.39 Å². The highest BCUT2D eigenvalue weighted by Crippen LogP contribution is 2.27. The summed E-state index contributed by atoms with van der Waals surface area (Å²) < 4.78 is 12.8. The van der Waals surface area contributed by atoms with Crippen molar-refractivity contribution in [3.63, 3.8) is 0 Å². The van der Waals surface area contributed by atoms with E-state index in [1.54, 1.807) is 6.07 Å². The first-order valence-corrected chi connectivity index (χ1v) is 7.56. The summed E-state index contributed by atoms with van der Waals surface area (Å²) in [5, 5.41) is 0. The summed E-state index contributed by atoms with van der Waals surface area (Å²) >= 11 is 0. The SMILES string of the molecule is NC(CCN1CCN(C2CC2)CC1)c1ccc(F)cn1. The Labute approximate surface area is 119 Å². The van der Waals surface area contributed by atoms with Gasteiger partial charge in [0.2, 0.25) is 0 Å². The monoisotopic (exact) mass is 278 g/mol. The normalized spacial score (nSPS) is 22.9. The van der Waals surface area contributed by atoms with Crippen LogP contribution in [0.1, 0.15) is 31.0 Å². The van der Waals surface area contributed by atoms with Crippen molar-refractivity contribution in [1.82, 2.24) is 14.8 Å². The van der Waals surface area contributed by atoms with Crippen LogP contribution in [0.5, 0.6) is 0 Å². The van der Waals surface area contributed by atoms with Gasteiger partial charge >= 0.3 is 0 Å². The Kier molecular flexibility index (Phi) is 4.29. The average Bonchev–Trinajstić information content (AvgIpc) is 3.31. The molecular formula is C15H23FN4. The number of hydrogen-bond acceptors (Lipinski definition) is 4. The maximum Gasteiger partial charge on any atom is 0.141 e. The molecule has 1 saturated carbocycles. The zero-order chi connectivity index (χ0) is 13.9. The van der Waals surface area contributed by atoms with Crippen molar-refractivity contribution < 1.29 is 4.39 Å². The molecule has 1 aromatic rings. The second kappa shape index (κ2) is 6.16. The molecule has 1 atom stereocenters. The van der Waals surface area contributed by atoms with Gasteiger partial charge in [-0.2, -0.15) is 0 Å². The van der Waals surface area contributed by atoms with Gasteiger partial charge in [0.1, 0.15) is 5.82 Å². The molecule has 2 aliphatic rings. The van der Waals surface area contributed by atoms with Crippen molar-refractivity contribution >= 4 is 0 Å². The Morgan fingerprint density at radius 2 is 2.00 bits per heavy atom. The molecular weight excluding hydrogens is 255 g/mol. The van der Waals surface area contributed by atoms with Gasteiger partial charge in [0.15, 0.2) is 0 Å². The van der Waals surface area contributed by atoms with Crippen molar-refractivity contribution in [2.75, 3.05) is 32.7 Å². The molecule has 110 valence electrons. The molecule has 1 aromatic heterocycles. The molecule has 2 N–H and O–H groups in total. The van der Waals surface area contributed by atoms with Gasteiger partial charge in [-0.3, -0.25) is 9.88 Å². The van der Waals surface area contributed by atoms with E-state index < -0.39 is 0 Å². The van der Waals surface area contributed by atoms with Crippen LogP contribution in [0.3, 0.4) is 0 Å². The third kappa shape index (κ3) is 3.53. The highest BCUT2D eigenvalue weighted by atomic mass is 19.1. The molecule has 4 nitrogen and oxygen atoms in total. The quantitative estimate of drug-likeness (QED) is 0.884. The first-order valence-electron chi connectivity index (χ1n) is 7.56. The summed E-state index contributed by atoms with van der Waals surface area (Å²) in [6.07, 6.45) is 4.90. The maximum absolute atomic E-state index is 12.8. The number of nitrogens with two attached hydrogens (primary N) is 1. The predicted octanol–water partition coefficient (Wildman–Crippen LogP) is 1.39. The Morgan fingerprint density at radius 1 is 1.25 bits per heavy atom. The minimum Gasteiger partial charge on any atom is -0.323 e.